The number of carbonyl (C=O) groups is 1. The molecule has 0 radical (unpaired) electrons. The van der Waals surface area contributed by atoms with Gasteiger partial charge in [-0.3, -0.25) is 9.78 Å². The fourth-order valence-corrected chi connectivity index (χ4v) is 4.78. The molecule has 1 aromatic carbocycles. The summed E-state index contributed by atoms with van der Waals surface area (Å²) in [6.45, 7) is 1.96. The van der Waals surface area contributed by atoms with Crippen LogP contribution < -0.4 is 11.1 Å². The summed E-state index contributed by atoms with van der Waals surface area (Å²) < 4.78 is 14.6. The summed E-state index contributed by atoms with van der Waals surface area (Å²) in [4.78, 5) is 21.3. The largest absolute Gasteiger partial charge is 0.396 e. The standard InChI is InChI=1S/C23H24BrFN4O/c1-13(23(30)29-22-20(26)10-16(24)12-28-22)14-2-4-15(5-3-14)18-8-9-27-21-7-6-17(25)11-19(18)21/h6-15H,2-5,26H2,1H3,(H,28,29,30)/t13-,14?,15?/m1/s1. The van der Waals surface area contributed by atoms with Gasteiger partial charge in [0.2, 0.25) is 5.91 Å². The van der Waals surface area contributed by atoms with Crippen LogP contribution in [0, 0.1) is 17.7 Å². The van der Waals surface area contributed by atoms with Crippen molar-refractivity contribution in [3.05, 3.63) is 58.6 Å². The molecule has 0 bridgehead atoms. The summed E-state index contributed by atoms with van der Waals surface area (Å²) in [5.74, 6) is 0.611. The first-order valence-electron chi connectivity index (χ1n) is 10.2. The Hall–Kier alpha value is -2.54. The van der Waals surface area contributed by atoms with E-state index in [0.29, 0.717) is 23.3 Å². The van der Waals surface area contributed by atoms with Gasteiger partial charge < -0.3 is 11.1 Å². The van der Waals surface area contributed by atoms with Gasteiger partial charge in [0, 0.05) is 28.2 Å². The molecule has 1 aliphatic carbocycles. The van der Waals surface area contributed by atoms with E-state index >= 15 is 0 Å². The van der Waals surface area contributed by atoms with Crippen LogP contribution in [-0.2, 0) is 4.79 Å². The van der Waals surface area contributed by atoms with E-state index in [2.05, 4.69) is 31.2 Å². The number of hydrogen-bond donors (Lipinski definition) is 2. The van der Waals surface area contributed by atoms with Crippen molar-refractivity contribution in [3.63, 3.8) is 0 Å². The normalized spacial score (nSPS) is 20.1. The highest BCUT2D eigenvalue weighted by Crippen LogP contribution is 2.41. The molecule has 1 saturated carbocycles. The third-order valence-corrected chi connectivity index (χ3v) is 6.63. The van der Waals surface area contributed by atoms with Gasteiger partial charge in [-0.15, -0.1) is 0 Å². The first kappa shape index (κ1) is 20.7. The fraction of sp³-hybridized carbons (Fsp3) is 0.348. The maximum Gasteiger partial charge on any atom is 0.228 e. The topological polar surface area (TPSA) is 80.9 Å². The van der Waals surface area contributed by atoms with Crippen LogP contribution in [0.15, 0.2) is 47.2 Å². The number of halogens is 2. The van der Waals surface area contributed by atoms with E-state index in [0.717, 1.165) is 46.6 Å². The van der Waals surface area contributed by atoms with E-state index in [1.165, 1.54) is 6.07 Å². The van der Waals surface area contributed by atoms with Gasteiger partial charge in [-0.05, 0) is 89.3 Å². The third kappa shape index (κ3) is 4.31. The number of hydrogen-bond acceptors (Lipinski definition) is 4. The van der Waals surface area contributed by atoms with E-state index in [1.54, 1.807) is 30.6 Å². The van der Waals surface area contributed by atoms with Crippen LogP contribution >= 0.6 is 15.9 Å². The number of benzene rings is 1. The molecule has 7 heteroatoms. The van der Waals surface area contributed by atoms with Gasteiger partial charge in [-0.2, -0.15) is 0 Å². The number of nitrogens with two attached hydrogens (primary N) is 1. The Labute approximate surface area is 183 Å². The van der Waals surface area contributed by atoms with Gasteiger partial charge in [0.05, 0.1) is 11.2 Å². The lowest BCUT2D eigenvalue weighted by Crippen LogP contribution is -2.30. The highest BCUT2D eigenvalue weighted by molar-refractivity contribution is 9.10. The summed E-state index contributed by atoms with van der Waals surface area (Å²) in [6.07, 6.45) is 7.24. The maximum atomic E-state index is 13.8. The van der Waals surface area contributed by atoms with Crippen molar-refractivity contribution >= 4 is 44.2 Å². The molecule has 0 spiro atoms. The first-order chi connectivity index (χ1) is 14.4. The third-order valence-electron chi connectivity index (χ3n) is 6.20. The lowest BCUT2D eigenvalue weighted by atomic mass is 9.73. The second-order valence-electron chi connectivity index (χ2n) is 8.04. The van der Waals surface area contributed by atoms with Crippen molar-refractivity contribution < 1.29 is 9.18 Å². The number of carbonyl (C=O) groups excluding carboxylic acids is 1. The van der Waals surface area contributed by atoms with Crippen LogP contribution in [0.25, 0.3) is 10.9 Å². The van der Waals surface area contributed by atoms with Crippen molar-refractivity contribution in [3.8, 4) is 0 Å². The monoisotopic (exact) mass is 470 g/mol. The average molecular weight is 471 g/mol. The fourth-order valence-electron chi connectivity index (χ4n) is 4.43. The van der Waals surface area contributed by atoms with Crippen molar-refractivity contribution in [1.82, 2.24) is 9.97 Å². The first-order valence-corrected chi connectivity index (χ1v) is 11.0. The highest BCUT2D eigenvalue weighted by atomic mass is 79.9. The molecule has 0 saturated heterocycles. The van der Waals surface area contributed by atoms with E-state index < -0.39 is 0 Å². The minimum atomic E-state index is -0.239. The Kier molecular flexibility index (Phi) is 5.99. The number of nitrogen functional groups attached to an aromatic ring is 1. The number of nitrogens with zero attached hydrogens (tertiary/aromatic N) is 2. The molecule has 4 rings (SSSR count). The maximum absolute atomic E-state index is 13.8. The van der Waals surface area contributed by atoms with E-state index in [-0.39, 0.29) is 17.6 Å². The molecule has 0 unspecified atom stereocenters. The van der Waals surface area contributed by atoms with E-state index in [4.69, 9.17) is 5.73 Å². The second kappa shape index (κ2) is 8.68. The number of rotatable bonds is 4. The molecular formula is C23H24BrFN4O. The number of fused-ring (bicyclic) bond motifs is 1. The number of nitrogens with one attached hydrogen (secondary N) is 1. The molecule has 0 aliphatic heterocycles. The van der Waals surface area contributed by atoms with Crippen molar-refractivity contribution in [2.45, 2.75) is 38.5 Å². The molecule has 156 valence electrons. The summed E-state index contributed by atoms with van der Waals surface area (Å²) >= 11 is 3.32. The molecule has 1 fully saturated rings. The zero-order valence-electron chi connectivity index (χ0n) is 16.7. The number of anilines is 2. The molecule has 3 N–H and O–H groups in total. The highest BCUT2D eigenvalue weighted by Gasteiger charge is 2.30. The van der Waals surface area contributed by atoms with Crippen LogP contribution in [0.4, 0.5) is 15.9 Å². The van der Waals surface area contributed by atoms with Gasteiger partial charge in [0.25, 0.3) is 0 Å². The molecule has 5 nitrogen and oxygen atoms in total. The van der Waals surface area contributed by atoms with Crippen LogP contribution in [0.3, 0.4) is 0 Å². The molecule has 2 heterocycles. The van der Waals surface area contributed by atoms with Crippen molar-refractivity contribution in [1.29, 1.82) is 0 Å². The van der Waals surface area contributed by atoms with Crippen LogP contribution in [0.2, 0.25) is 0 Å². The Morgan fingerprint density at radius 1 is 1.20 bits per heavy atom. The van der Waals surface area contributed by atoms with Crippen molar-refractivity contribution in [2.24, 2.45) is 11.8 Å². The Morgan fingerprint density at radius 2 is 1.97 bits per heavy atom. The Morgan fingerprint density at radius 3 is 2.70 bits per heavy atom. The molecule has 2 aromatic heterocycles. The zero-order chi connectivity index (χ0) is 21.3. The predicted molar refractivity (Wildman–Crippen MR) is 121 cm³/mol. The van der Waals surface area contributed by atoms with Gasteiger partial charge in [0.1, 0.15) is 5.82 Å². The van der Waals surface area contributed by atoms with Crippen molar-refractivity contribution in [2.75, 3.05) is 11.1 Å². The minimum absolute atomic E-state index is 0.0589. The van der Waals surface area contributed by atoms with Crippen LogP contribution in [-0.4, -0.2) is 15.9 Å². The quantitative estimate of drug-likeness (QED) is 0.515. The minimum Gasteiger partial charge on any atom is -0.396 e. The summed E-state index contributed by atoms with van der Waals surface area (Å²) in [5.41, 5.74) is 8.36. The van der Waals surface area contributed by atoms with Gasteiger partial charge in [-0.1, -0.05) is 6.92 Å². The van der Waals surface area contributed by atoms with Crippen LogP contribution in [0.1, 0.15) is 44.1 Å². The lowest BCUT2D eigenvalue weighted by molar-refractivity contribution is -0.121. The SMILES string of the molecule is C[C@@H](C(=O)Nc1ncc(Br)cc1N)C1CCC(c2ccnc3ccc(F)cc23)CC1. The van der Waals surface area contributed by atoms with Crippen LogP contribution in [0.5, 0.6) is 0 Å². The number of aromatic nitrogens is 2. The van der Waals surface area contributed by atoms with Gasteiger partial charge in [0.15, 0.2) is 5.82 Å². The summed E-state index contributed by atoms with van der Waals surface area (Å²) in [6, 6.07) is 8.48. The molecule has 1 amide bonds. The van der Waals surface area contributed by atoms with E-state index in [9.17, 15) is 9.18 Å². The smallest absolute Gasteiger partial charge is 0.228 e. The predicted octanol–water partition coefficient (Wildman–Crippen LogP) is 5.66. The average Bonchev–Trinajstić information content (AvgIpc) is 2.75. The Balaban J connectivity index is 1.42. The number of amides is 1. The van der Waals surface area contributed by atoms with Gasteiger partial charge in [-0.25, -0.2) is 9.37 Å². The molecule has 1 atom stereocenters. The molecule has 3 aromatic rings. The summed E-state index contributed by atoms with van der Waals surface area (Å²) in [5, 5.41) is 3.75. The summed E-state index contributed by atoms with van der Waals surface area (Å²) in [7, 11) is 0. The number of pyridine rings is 2. The second-order valence-corrected chi connectivity index (χ2v) is 8.96. The Bertz CT molecular complexity index is 1080. The lowest BCUT2D eigenvalue weighted by Gasteiger charge is -2.32. The molecular weight excluding hydrogens is 447 g/mol. The molecule has 1 aliphatic rings. The van der Waals surface area contributed by atoms with E-state index in [1.807, 2.05) is 13.0 Å². The van der Waals surface area contributed by atoms with Gasteiger partial charge >= 0.3 is 0 Å². The zero-order valence-corrected chi connectivity index (χ0v) is 18.3. The molecule has 30 heavy (non-hydrogen) atoms.